The predicted molar refractivity (Wildman–Crippen MR) is 250 cm³/mol. The number of rotatable bonds is 33. The molecule has 0 heterocycles. The quantitative estimate of drug-likeness (QED) is 0.0545. The van der Waals surface area contributed by atoms with Crippen molar-refractivity contribution in [1.82, 2.24) is 26.2 Å². The maximum absolute atomic E-state index is 13.6. The number of urea groups is 1. The van der Waals surface area contributed by atoms with Crippen LogP contribution in [0.3, 0.4) is 0 Å². The van der Waals surface area contributed by atoms with Gasteiger partial charge in [-0.3, -0.25) is 33.7 Å². The zero-order valence-corrected chi connectivity index (χ0v) is 41.1. The number of ketones is 2. The number of hydrogen-bond donors (Lipinski definition) is 6. The number of primary amides is 1. The van der Waals surface area contributed by atoms with Gasteiger partial charge in [-0.25, -0.2) is 9.59 Å². The maximum atomic E-state index is 13.6. The number of nitrogens with one attached hydrogen (secondary N) is 5. The summed E-state index contributed by atoms with van der Waals surface area (Å²) in [6, 6.07) is 2.12. The Morgan fingerprint density at radius 2 is 1.20 bits per heavy atom. The smallest absolute Gasteiger partial charge is 0.410 e. The number of likely N-dealkylation sites (N-methyl/N-ethyl adjacent to an activating group) is 1. The van der Waals surface area contributed by atoms with Gasteiger partial charge in [-0.05, 0) is 54.7 Å². The van der Waals surface area contributed by atoms with Crippen molar-refractivity contribution in [3.63, 3.8) is 0 Å². The molecule has 19 heteroatoms. The minimum atomic E-state index is -1.06. The monoisotopic (exact) mass is 934 g/mol. The van der Waals surface area contributed by atoms with E-state index in [-0.39, 0.29) is 80.4 Å². The molecular formula is C47H79N7O12. The summed E-state index contributed by atoms with van der Waals surface area (Å²) < 4.78 is 22.0. The number of hydrogen-bond acceptors (Lipinski definition) is 12. The van der Waals surface area contributed by atoms with Crippen molar-refractivity contribution in [2.45, 2.75) is 132 Å². The molecule has 1 aromatic carbocycles. The molecule has 0 fully saturated rings. The standard InChI is InChI=1S/C47H79N7O12/c1-29(2)37(55)15-13-22-63-24-26-65-27-25-64-23-20-38(56)52-40(31(5)6)44(59)51-36(14-12-21-49-46(48)61)43(58)50-35-18-16-34(17-19-35)28-66-47(62)54(11)41(32(7)8)45(60)53-39(30(3)4)42(57)33(9)10/h16-19,29-33,36,39-41H,12-15,20-28H2,1-11H3,(H,50,58)(H,51,59)(H,52,56)(H,53,60)(H3,48,49,61)/t36-,39-,40-,41-/m0/s1. The lowest BCUT2D eigenvalue weighted by Crippen LogP contribution is -2.55. The molecule has 0 aliphatic carbocycles. The molecule has 0 aliphatic heterocycles. The normalized spacial score (nSPS) is 13.2. The summed E-state index contributed by atoms with van der Waals surface area (Å²) in [6.45, 7) is 20.0. The topological polar surface area (TPSA) is 263 Å². The predicted octanol–water partition coefficient (Wildman–Crippen LogP) is 4.10. The van der Waals surface area contributed by atoms with Crippen molar-refractivity contribution in [3.05, 3.63) is 29.8 Å². The molecule has 0 saturated carbocycles. The van der Waals surface area contributed by atoms with Gasteiger partial charge in [0.15, 0.2) is 5.78 Å². The molecule has 0 radical (unpaired) electrons. The summed E-state index contributed by atoms with van der Waals surface area (Å²) in [5, 5.41) is 13.6. The Bertz CT molecular complexity index is 1690. The fourth-order valence-corrected chi connectivity index (χ4v) is 6.54. The summed E-state index contributed by atoms with van der Waals surface area (Å²) >= 11 is 0. The summed E-state index contributed by atoms with van der Waals surface area (Å²) in [5.41, 5.74) is 6.16. The van der Waals surface area contributed by atoms with E-state index in [0.717, 1.165) is 0 Å². The van der Waals surface area contributed by atoms with Crippen LogP contribution in [-0.2, 0) is 54.3 Å². The third-order valence-electron chi connectivity index (χ3n) is 10.5. The molecule has 0 unspecified atom stereocenters. The number of nitrogens with zero attached hydrogens (tertiary/aromatic N) is 1. The first-order valence-corrected chi connectivity index (χ1v) is 23.1. The maximum Gasteiger partial charge on any atom is 0.410 e. The second kappa shape index (κ2) is 31.7. The molecule has 66 heavy (non-hydrogen) atoms. The number of anilines is 1. The highest BCUT2D eigenvalue weighted by Crippen LogP contribution is 2.17. The Morgan fingerprint density at radius 1 is 0.621 bits per heavy atom. The minimum Gasteiger partial charge on any atom is -0.445 e. The Kier molecular flexibility index (Phi) is 28.3. The highest BCUT2D eigenvalue weighted by atomic mass is 16.6. The van der Waals surface area contributed by atoms with Gasteiger partial charge in [-0.1, -0.05) is 81.4 Å². The van der Waals surface area contributed by atoms with E-state index in [9.17, 15) is 38.4 Å². The van der Waals surface area contributed by atoms with Gasteiger partial charge in [0.05, 0.1) is 39.1 Å². The van der Waals surface area contributed by atoms with Gasteiger partial charge >= 0.3 is 12.1 Å². The van der Waals surface area contributed by atoms with Crippen LogP contribution in [0.4, 0.5) is 15.3 Å². The van der Waals surface area contributed by atoms with E-state index in [1.165, 1.54) is 11.9 Å². The van der Waals surface area contributed by atoms with Crippen molar-refractivity contribution in [2.75, 3.05) is 58.6 Å². The molecule has 4 atom stereocenters. The van der Waals surface area contributed by atoms with Gasteiger partial charge in [-0.15, -0.1) is 0 Å². The molecule has 1 rings (SSSR count). The number of ether oxygens (including phenoxy) is 4. The highest BCUT2D eigenvalue weighted by molar-refractivity contribution is 5.98. The molecule has 7 amide bonds. The molecule has 0 aliphatic rings. The first-order chi connectivity index (χ1) is 31.1. The molecule has 7 N–H and O–H groups in total. The van der Waals surface area contributed by atoms with Crippen molar-refractivity contribution in [3.8, 4) is 0 Å². The Labute approximate surface area is 391 Å². The average molecular weight is 934 g/mol. The Hall–Kier alpha value is -5.14. The minimum absolute atomic E-state index is 0.0144. The Morgan fingerprint density at radius 3 is 1.73 bits per heavy atom. The van der Waals surface area contributed by atoms with Gasteiger partial charge < -0.3 is 51.3 Å². The first-order valence-electron chi connectivity index (χ1n) is 23.1. The molecule has 374 valence electrons. The van der Waals surface area contributed by atoms with E-state index >= 15 is 0 Å². The molecule has 0 spiro atoms. The first kappa shape index (κ1) is 58.9. The number of benzene rings is 1. The van der Waals surface area contributed by atoms with Crippen LogP contribution < -0.4 is 32.3 Å². The number of amides is 7. The van der Waals surface area contributed by atoms with Gasteiger partial charge in [0.25, 0.3) is 0 Å². The van der Waals surface area contributed by atoms with Gasteiger partial charge in [0.2, 0.25) is 23.6 Å². The molecule has 19 nitrogen and oxygen atoms in total. The van der Waals surface area contributed by atoms with E-state index in [4.69, 9.17) is 24.7 Å². The zero-order chi connectivity index (χ0) is 49.9. The van der Waals surface area contributed by atoms with Gasteiger partial charge in [0, 0.05) is 50.6 Å². The molecular weight excluding hydrogens is 855 g/mol. The van der Waals surface area contributed by atoms with Crippen LogP contribution in [0.15, 0.2) is 24.3 Å². The molecule has 0 aromatic heterocycles. The van der Waals surface area contributed by atoms with Crippen molar-refractivity contribution in [1.29, 1.82) is 0 Å². The summed E-state index contributed by atoms with van der Waals surface area (Å²) in [7, 11) is 1.47. The number of Topliss-reactive ketones (excluding diaryl/α,β-unsaturated/α-hetero) is 2. The van der Waals surface area contributed by atoms with Gasteiger partial charge in [0.1, 0.15) is 30.5 Å². The van der Waals surface area contributed by atoms with E-state index < -0.39 is 59.9 Å². The number of carbonyl (C=O) groups excluding carboxylic acids is 8. The van der Waals surface area contributed by atoms with Crippen molar-refractivity contribution < 1.29 is 57.3 Å². The molecule has 1 aromatic rings. The lowest BCUT2D eigenvalue weighted by molar-refractivity contribution is -0.133. The largest absolute Gasteiger partial charge is 0.445 e. The highest BCUT2D eigenvalue weighted by Gasteiger charge is 2.35. The number of carbonyl (C=O) groups is 8. The second-order valence-electron chi connectivity index (χ2n) is 17.9. The van der Waals surface area contributed by atoms with E-state index in [1.807, 2.05) is 27.7 Å². The second-order valence-corrected chi connectivity index (χ2v) is 17.9. The third-order valence-corrected chi connectivity index (χ3v) is 10.5. The molecule has 0 saturated heterocycles. The van der Waals surface area contributed by atoms with Crippen molar-refractivity contribution >= 4 is 53.0 Å². The van der Waals surface area contributed by atoms with E-state index in [1.54, 1.807) is 65.8 Å². The van der Waals surface area contributed by atoms with Crippen LogP contribution >= 0.6 is 0 Å². The molecule has 0 bridgehead atoms. The summed E-state index contributed by atoms with van der Waals surface area (Å²) in [4.78, 5) is 103. The lowest BCUT2D eigenvalue weighted by atomic mass is 9.92. The fraction of sp³-hybridized carbons (Fsp3) is 0.702. The Balaban J connectivity index is 2.78. The SMILES string of the molecule is CC(C)C(=O)CCCOCCOCCOCCC(=O)N[C@H](C(=O)N[C@@H](CCCNC(N)=O)C(=O)Nc1ccc(COC(=O)N(C)[C@H](C(=O)N[C@H](C(=O)C(C)C)C(C)C)C(C)C)cc1)C(C)C. The fourth-order valence-electron chi connectivity index (χ4n) is 6.54. The van der Waals surface area contributed by atoms with Crippen LogP contribution in [0.25, 0.3) is 0 Å². The number of nitrogens with two attached hydrogens (primary N) is 1. The van der Waals surface area contributed by atoms with E-state index in [2.05, 4.69) is 26.6 Å². The summed E-state index contributed by atoms with van der Waals surface area (Å²) in [5.74, 6) is -2.91. The van der Waals surface area contributed by atoms with Crippen LogP contribution in [0.1, 0.15) is 107 Å². The van der Waals surface area contributed by atoms with Gasteiger partial charge in [-0.2, -0.15) is 0 Å². The third kappa shape index (κ3) is 23.4. The summed E-state index contributed by atoms with van der Waals surface area (Å²) in [6.07, 6.45) is 0.829. The van der Waals surface area contributed by atoms with Crippen LogP contribution in [0.5, 0.6) is 0 Å². The lowest BCUT2D eigenvalue weighted by Gasteiger charge is -2.32. The van der Waals surface area contributed by atoms with Crippen LogP contribution in [0.2, 0.25) is 0 Å². The van der Waals surface area contributed by atoms with E-state index in [0.29, 0.717) is 56.9 Å². The zero-order valence-electron chi connectivity index (χ0n) is 41.1. The average Bonchev–Trinajstić information content (AvgIpc) is 3.24. The van der Waals surface area contributed by atoms with Crippen LogP contribution in [-0.4, -0.2) is 130 Å². The van der Waals surface area contributed by atoms with Crippen LogP contribution in [0, 0.1) is 29.6 Å². The van der Waals surface area contributed by atoms with Crippen molar-refractivity contribution in [2.24, 2.45) is 35.3 Å².